The van der Waals surface area contributed by atoms with Crippen molar-refractivity contribution in [3.8, 4) is 0 Å². The van der Waals surface area contributed by atoms with Crippen LogP contribution in [0.2, 0.25) is 0 Å². The Morgan fingerprint density at radius 1 is 1.35 bits per heavy atom. The summed E-state index contributed by atoms with van der Waals surface area (Å²) in [5, 5.41) is 13.8. The van der Waals surface area contributed by atoms with Gasteiger partial charge in [-0.25, -0.2) is 13.1 Å². The smallest absolute Gasteiger partial charge is 0.312 e. The molecule has 0 radical (unpaired) electrons. The van der Waals surface area contributed by atoms with Crippen LogP contribution in [0.5, 0.6) is 0 Å². The van der Waals surface area contributed by atoms with Gasteiger partial charge in [0.15, 0.2) is 4.90 Å². The first-order valence-corrected chi connectivity index (χ1v) is 7.76. The highest BCUT2D eigenvalue weighted by molar-refractivity contribution is 7.89. The Labute approximate surface area is 117 Å². The van der Waals surface area contributed by atoms with Crippen LogP contribution < -0.4 is 10.0 Å². The second-order valence-corrected chi connectivity index (χ2v) is 6.83. The molecule has 110 valence electrons. The van der Waals surface area contributed by atoms with E-state index in [0.717, 1.165) is 19.3 Å². The lowest BCUT2D eigenvalue weighted by Crippen LogP contribution is -2.50. The standard InChI is InChI=1S/C12H17N3O4S/c1-12(7-4-8-12)14-20(18,19)10-6-3-5-9(13-2)11(10)15(16)17/h3,5-6,13-14H,4,7-8H2,1-2H3. The van der Waals surface area contributed by atoms with Crippen LogP contribution in [0.4, 0.5) is 11.4 Å². The number of anilines is 1. The molecule has 20 heavy (non-hydrogen) atoms. The van der Waals surface area contributed by atoms with E-state index in [1.165, 1.54) is 25.2 Å². The molecule has 0 atom stereocenters. The molecule has 2 rings (SSSR count). The van der Waals surface area contributed by atoms with Crippen LogP contribution in [0.25, 0.3) is 0 Å². The molecular weight excluding hydrogens is 282 g/mol. The van der Waals surface area contributed by atoms with Crippen molar-refractivity contribution >= 4 is 21.4 Å². The van der Waals surface area contributed by atoms with E-state index in [-0.39, 0.29) is 10.6 Å². The Bertz CT molecular complexity index is 638. The van der Waals surface area contributed by atoms with Gasteiger partial charge in [0, 0.05) is 12.6 Å². The molecule has 0 spiro atoms. The molecule has 1 saturated carbocycles. The molecule has 7 nitrogen and oxygen atoms in total. The van der Waals surface area contributed by atoms with E-state index in [9.17, 15) is 18.5 Å². The first-order chi connectivity index (χ1) is 9.29. The van der Waals surface area contributed by atoms with Gasteiger partial charge in [0.05, 0.1) is 4.92 Å². The minimum atomic E-state index is -3.92. The van der Waals surface area contributed by atoms with Crippen LogP contribution in [0, 0.1) is 10.1 Å². The molecule has 0 heterocycles. The molecule has 0 aliphatic heterocycles. The SMILES string of the molecule is CNc1cccc(S(=O)(=O)NC2(C)CCC2)c1[N+](=O)[O-]. The van der Waals surface area contributed by atoms with Crippen LogP contribution in [-0.4, -0.2) is 25.9 Å². The molecule has 8 heteroatoms. The summed E-state index contributed by atoms with van der Waals surface area (Å²) in [5.74, 6) is 0. The van der Waals surface area contributed by atoms with Gasteiger partial charge < -0.3 is 5.32 Å². The third-order valence-corrected chi connectivity index (χ3v) is 5.25. The second-order valence-electron chi connectivity index (χ2n) is 5.18. The molecule has 1 aromatic carbocycles. The summed E-state index contributed by atoms with van der Waals surface area (Å²) >= 11 is 0. The molecule has 1 fully saturated rings. The molecule has 0 bridgehead atoms. The maximum Gasteiger partial charge on any atom is 0.312 e. The highest BCUT2D eigenvalue weighted by atomic mass is 32.2. The summed E-state index contributed by atoms with van der Waals surface area (Å²) in [6.45, 7) is 1.81. The highest BCUT2D eigenvalue weighted by Crippen LogP contribution is 2.36. The minimum Gasteiger partial charge on any atom is -0.383 e. The van der Waals surface area contributed by atoms with Crippen molar-refractivity contribution in [2.24, 2.45) is 0 Å². The number of benzene rings is 1. The van der Waals surface area contributed by atoms with Gasteiger partial charge in [-0.3, -0.25) is 10.1 Å². The number of para-hydroxylation sites is 1. The van der Waals surface area contributed by atoms with E-state index in [0.29, 0.717) is 0 Å². The van der Waals surface area contributed by atoms with E-state index in [1.807, 2.05) is 6.92 Å². The molecule has 0 saturated heterocycles. The van der Waals surface area contributed by atoms with Crippen molar-refractivity contribution in [3.63, 3.8) is 0 Å². The number of sulfonamides is 1. The summed E-state index contributed by atoms with van der Waals surface area (Å²) < 4.78 is 27.4. The van der Waals surface area contributed by atoms with E-state index in [2.05, 4.69) is 10.0 Å². The van der Waals surface area contributed by atoms with E-state index in [4.69, 9.17) is 0 Å². The second kappa shape index (κ2) is 5.02. The predicted molar refractivity (Wildman–Crippen MR) is 75.2 cm³/mol. The minimum absolute atomic E-state index is 0.177. The fourth-order valence-electron chi connectivity index (χ4n) is 2.32. The number of nitro benzene ring substituents is 1. The number of nitro groups is 1. The van der Waals surface area contributed by atoms with Gasteiger partial charge in [-0.2, -0.15) is 0 Å². The maximum atomic E-state index is 12.4. The molecule has 0 amide bonds. The fourth-order valence-corrected chi connectivity index (χ4v) is 3.98. The first kappa shape index (κ1) is 14.7. The normalized spacial score (nSPS) is 17.3. The average molecular weight is 299 g/mol. The third-order valence-electron chi connectivity index (χ3n) is 3.58. The van der Waals surface area contributed by atoms with Crippen molar-refractivity contribution in [1.82, 2.24) is 4.72 Å². The Morgan fingerprint density at radius 3 is 2.45 bits per heavy atom. The van der Waals surface area contributed by atoms with Crippen LogP contribution in [0.3, 0.4) is 0 Å². The quantitative estimate of drug-likeness (QED) is 0.638. The molecule has 2 N–H and O–H groups in total. The van der Waals surface area contributed by atoms with Gasteiger partial charge >= 0.3 is 5.69 Å². The molecular formula is C12H17N3O4S. The van der Waals surface area contributed by atoms with Crippen LogP contribution in [-0.2, 0) is 10.0 Å². The van der Waals surface area contributed by atoms with Gasteiger partial charge in [0.2, 0.25) is 10.0 Å². The number of hydrogen-bond donors (Lipinski definition) is 2. The zero-order chi connectivity index (χ0) is 15.0. The number of nitrogens with zero attached hydrogens (tertiary/aromatic N) is 1. The lowest BCUT2D eigenvalue weighted by molar-refractivity contribution is -0.386. The zero-order valence-corrected chi connectivity index (χ0v) is 12.2. The predicted octanol–water partition coefficient (Wildman–Crippen LogP) is 1.86. The third kappa shape index (κ3) is 2.61. The van der Waals surface area contributed by atoms with Gasteiger partial charge in [0.25, 0.3) is 0 Å². The Kier molecular flexibility index (Phi) is 3.70. The van der Waals surface area contributed by atoms with Crippen molar-refractivity contribution in [2.75, 3.05) is 12.4 Å². The van der Waals surface area contributed by atoms with E-state index in [1.54, 1.807) is 0 Å². The van der Waals surface area contributed by atoms with Gasteiger partial charge in [-0.05, 0) is 38.3 Å². The number of nitrogens with one attached hydrogen (secondary N) is 2. The van der Waals surface area contributed by atoms with Crippen molar-refractivity contribution in [2.45, 2.75) is 36.6 Å². The summed E-state index contributed by atoms with van der Waals surface area (Å²) in [5.41, 5.74) is -0.746. The van der Waals surface area contributed by atoms with Gasteiger partial charge in [-0.15, -0.1) is 0 Å². The summed E-state index contributed by atoms with van der Waals surface area (Å²) in [6.07, 6.45) is 2.44. The highest BCUT2D eigenvalue weighted by Gasteiger charge is 2.38. The number of hydrogen-bond acceptors (Lipinski definition) is 5. The van der Waals surface area contributed by atoms with Crippen LogP contribution >= 0.6 is 0 Å². The molecule has 1 aliphatic rings. The molecule has 1 aliphatic carbocycles. The monoisotopic (exact) mass is 299 g/mol. The fraction of sp³-hybridized carbons (Fsp3) is 0.500. The van der Waals surface area contributed by atoms with E-state index >= 15 is 0 Å². The maximum absolute atomic E-state index is 12.4. The Morgan fingerprint density at radius 2 is 2.00 bits per heavy atom. The van der Waals surface area contributed by atoms with Crippen molar-refractivity contribution in [3.05, 3.63) is 28.3 Å². The molecule has 0 aromatic heterocycles. The molecule has 0 unspecified atom stereocenters. The van der Waals surface area contributed by atoms with Crippen molar-refractivity contribution in [1.29, 1.82) is 0 Å². The topological polar surface area (TPSA) is 101 Å². The van der Waals surface area contributed by atoms with Crippen LogP contribution in [0.1, 0.15) is 26.2 Å². The first-order valence-electron chi connectivity index (χ1n) is 6.28. The van der Waals surface area contributed by atoms with Gasteiger partial charge in [-0.1, -0.05) is 6.07 Å². The Hall–Kier alpha value is -1.67. The van der Waals surface area contributed by atoms with E-state index < -0.39 is 26.2 Å². The summed E-state index contributed by atoms with van der Waals surface area (Å²) in [4.78, 5) is 10.2. The Balaban J connectivity index is 2.48. The lowest BCUT2D eigenvalue weighted by Gasteiger charge is -2.38. The van der Waals surface area contributed by atoms with Crippen LogP contribution in [0.15, 0.2) is 23.1 Å². The summed E-state index contributed by atoms with van der Waals surface area (Å²) in [7, 11) is -2.41. The average Bonchev–Trinajstić information content (AvgIpc) is 2.35. The van der Waals surface area contributed by atoms with Crippen molar-refractivity contribution < 1.29 is 13.3 Å². The largest absolute Gasteiger partial charge is 0.383 e. The van der Waals surface area contributed by atoms with Gasteiger partial charge in [0.1, 0.15) is 5.69 Å². The molecule has 1 aromatic rings. The zero-order valence-electron chi connectivity index (χ0n) is 11.3. The summed E-state index contributed by atoms with van der Waals surface area (Å²) in [6, 6.07) is 4.21. The lowest BCUT2D eigenvalue weighted by atomic mass is 9.80. The number of rotatable bonds is 5.